The van der Waals surface area contributed by atoms with Crippen LogP contribution in [0.4, 0.5) is 0 Å². The molecule has 2 aromatic carbocycles. The lowest BCUT2D eigenvalue weighted by Gasteiger charge is -2.50. The number of ether oxygens (including phenoxy) is 2. The lowest BCUT2D eigenvalue weighted by atomic mass is 10.0. The predicted molar refractivity (Wildman–Crippen MR) is 131 cm³/mol. The van der Waals surface area contributed by atoms with Crippen molar-refractivity contribution in [3.05, 3.63) is 77.0 Å². The van der Waals surface area contributed by atoms with Gasteiger partial charge < -0.3 is 14.8 Å². The molecule has 4 atom stereocenters. The number of rotatable bonds is 8. The number of amides is 2. The minimum atomic E-state index is -1.57. The van der Waals surface area contributed by atoms with E-state index in [1.807, 2.05) is 30.3 Å². The summed E-state index contributed by atoms with van der Waals surface area (Å²) in [6.45, 7) is 1.66. The third kappa shape index (κ3) is 4.97. The Balaban J connectivity index is 1.50. The second-order valence-electron chi connectivity index (χ2n) is 8.21. The summed E-state index contributed by atoms with van der Waals surface area (Å²) in [6.07, 6.45) is 0.0824. The van der Waals surface area contributed by atoms with Crippen molar-refractivity contribution >= 4 is 40.2 Å². The fraction of sp³-hybridized carbons (Fsp3) is 0.320. The van der Waals surface area contributed by atoms with Crippen LogP contribution >= 0.6 is 11.6 Å². The molecule has 8 nitrogen and oxygen atoms in total. The zero-order chi connectivity index (χ0) is 25.1. The molecule has 1 fully saturated rings. The van der Waals surface area contributed by atoms with Crippen molar-refractivity contribution in [3.8, 4) is 5.75 Å². The smallest absolute Gasteiger partial charge is 0.355 e. The van der Waals surface area contributed by atoms with Crippen LogP contribution in [0.2, 0.25) is 0 Å². The molecule has 2 aliphatic rings. The summed E-state index contributed by atoms with van der Waals surface area (Å²) < 4.78 is 23.8. The molecule has 2 heterocycles. The van der Waals surface area contributed by atoms with Gasteiger partial charge in [0.2, 0.25) is 5.91 Å². The zero-order valence-corrected chi connectivity index (χ0v) is 20.8. The molecule has 2 aliphatic heterocycles. The fourth-order valence-electron chi connectivity index (χ4n) is 4.12. The van der Waals surface area contributed by atoms with Crippen LogP contribution in [0.3, 0.4) is 0 Å². The Bertz CT molecular complexity index is 1180. The molecule has 4 rings (SSSR count). The van der Waals surface area contributed by atoms with Crippen LogP contribution in [0.15, 0.2) is 65.9 Å². The van der Waals surface area contributed by atoms with Crippen molar-refractivity contribution in [3.63, 3.8) is 0 Å². The van der Waals surface area contributed by atoms with Gasteiger partial charge in [0.05, 0.1) is 29.6 Å². The summed E-state index contributed by atoms with van der Waals surface area (Å²) >= 11 is 6.10. The summed E-state index contributed by atoms with van der Waals surface area (Å²) in [6, 6.07) is 15.1. The Kier molecular flexibility index (Phi) is 7.57. The molecule has 0 aromatic heterocycles. The van der Waals surface area contributed by atoms with Crippen molar-refractivity contribution in [1.82, 2.24) is 10.2 Å². The van der Waals surface area contributed by atoms with E-state index in [0.29, 0.717) is 11.3 Å². The van der Waals surface area contributed by atoms with Crippen LogP contribution in [0.1, 0.15) is 18.1 Å². The van der Waals surface area contributed by atoms with Gasteiger partial charge in [0.25, 0.3) is 5.91 Å². The molecule has 2 aromatic rings. The molecule has 1 unspecified atom stereocenters. The normalized spacial score (nSPS) is 23.3. The van der Waals surface area contributed by atoms with Crippen LogP contribution in [-0.4, -0.2) is 56.5 Å². The number of β-lactam (4-membered cyclic amide) rings is 1. The van der Waals surface area contributed by atoms with Crippen molar-refractivity contribution in [2.45, 2.75) is 36.6 Å². The maximum Gasteiger partial charge on any atom is 0.355 e. The van der Waals surface area contributed by atoms with Crippen LogP contribution < -0.4 is 10.1 Å². The average molecular weight is 517 g/mol. The highest BCUT2D eigenvalue weighted by atomic mass is 35.5. The van der Waals surface area contributed by atoms with E-state index in [-0.39, 0.29) is 30.5 Å². The van der Waals surface area contributed by atoms with Gasteiger partial charge >= 0.3 is 5.97 Å². The van der Waals surface area contributed by atoms with Gasteiger partial charge in [-0.1, -0.05) is 42.5 Å². The second-order valence-corrected chi connectivity index (χ2v) is 10.3. The number of carbonyl (C=O) groups is 3. The topological polar surface area (TPSA) is 102 Å². The van der Waals surface area contributed by atoms with Gasteiger partial charge in [-0.2, -0.15) is 0 Å². The number of hydrogen-bond donors (Lipinski definition) is 1. The molecule has 10 heteroatoms. The SMILES string of the molecule is COc1ccc(COC(=O)C2=C(CCl)[C@H](C)S(=O)[C@@H]3[C@H](NC(=O)Cc4ccccc4)C(=O)N23)cc1. The maximum atomic E-state index is 13.2. The highest BCUT2D eigenvalue weighted by Crippen LogP contribution is 2.39. The van der Waals surface area contributed by atoms with Gasteiger partial charge in [0.15, 0.2) is 0 Å². The number of carbonyl (C=O) groups excluding carboxylic acids is 3. The Morgan fingerprint density at radius 1 is 1.09 bits per heavy atom. The van der Waals surface area contributed by atoms with Crippen molar-refractivity contribution < 1.29 is 28.1 Å². The number of fused-ring (bicyclic) bond motifs is 1. The Morgan fingerprint density at radius 3 is 2.40 bits per heavy atom. The van der Waals surface area contributed by atoms with Crippen LogP contribution in [0.25, 0.3) is 0 Å². The highest BCUT2D eigenvalue weighted by Gasteiger charge is 2.58. The fourth-order valence-corrected chi connectivity index (χ4v) is 6.33. The average Bonchev–Trinajstić information content (AvgIpc) is 2.87. The third-order valence-electron chi connectivity index (χ3n) is 6.06. The van der Waals surface area contributed by atoms with Crippen molar-refractivity contribution in [2.24, 2.45) is 0 Å². The molecule has 0 radical (unpaired) electrons. The van der Waals surface area contributed by atoms with E-state index in [4.69, 9.17) is 21.1 Å². The largest absolute Gasteiger partial charge is 0.497 e. The predicted octanol–water partition coefficient (Wildman–Crippen LogP) is 2.28. The summed E-state index contributed by atoms with van der Waals surface area (Å²) in [4.78, 5) is 39.8. The lowest BCUT2D eigenvalue weighted by Crippen LogP contribution is -2.74. The van der Waals surface area contributed by atoms with E-state index < -0.39 is 39.3 Å². The minimum Gasteiger partial charge on any atom is -0.497 e. The summed E-state index contributed by atoms with van der Waals surface area (Å²) in [5.74, 6) is -1.02. The monoisotopic (exact) mass is 516 g/mol. The summed E-state index contributed by atoms with van der Waals surface area (Å²) in [5.41, 5.74) is 1.91. The molecule has 35 heavy (non-hydrogen) atoms. The highest BCUT2D eigenvalue weighted by molar-refractivity contribution is 7.86. The van der Waals surface area contributed by atoms with Crippen LogP contribution in [0.5, 0.6) is 5.75 Å². The summed E-state index contributed by atoms with van der Waals surface area (Å²) in [7, 11) is -0.0144. The number of methoxy groups -OCH3 is 1. The molecule has 0 saturated carbocycles. The first-order chi connectivity index (χ1) is 16.8. The lowest BCUT2D eigenvalue weighted by molar-refractivity contribution is -0.153. The standard InChI is InChI=1S/C25H25ClN2O6S/c1-15-19(13-26)22(25(31)34-14-17-8-10-18(33-2)11-9-17)28-23(30)21(24(28)35(15)32)27-20(29)12-16-6-4-3-5-7-16/h3-11,15,21,24H,12-14H2,1-2H3,(H,27,29)/t15-,21+,24+,35?/m0/s1. The first-order valence-corrected chi connectivity index (χ1v) is 12.8. The molecule has 1 N–H and O–H groups in total. The molecule has 0 spiro atoms. The minimum absolute atomic E-state index is 0.00386. The number of esters is 1. The maximum absolute atomic E-state index is 13.2. The number of benzene rings is 2. The van der Waals surface area contributed by atoms with Gasteiger partial charge in [0, 0.05) is 5.88 Å². The molecule has 184 valence electrons. The number of nitrogens with zero attached hydrogens (tertiary/aromatic N) is 1. The Labute approximate surface area is 210 Å². The quantitative estimate of drug-likeness (QED) is 0.328. The third-order valence-corrected chi connectivity index (χ3v) is 8.28. The molecule has 0 bridgehead atoms. The Hall–Kier alpha value is -3.17. The zero-order valence-electron chi connectivity index (χ0n) is 19.2. The van der Waals surface area contributed by atoms with E-state index in [0.717, 1.165) is 16.0 Å². The molecule has 2 amide bonds. The number of halogens is 1. The number of hydrogen-bond acceptors (Lipinski definition) is 6. The van der Waals surface area contributed by atoms with Gasteiger partial charge in [-0.25, -0.2) is 4.79 Å². The van der Waals surface area contributed by atoms with E-state index in [1.165, 1.54) is 0 Å². The Morgan fingerprint density at radius 2 is 1.77 bits per heavy atom. The van der Waals surface area contributed by atoms with Gasteiger partial charge in [-0.05, 0) is 35.8 Å². The van der Waals surface area contributed by atoms with E-state index in [2.05, 4.69) is 5.32 Å². The van der Waals surface area contributed by atoms with E-state index in [1.54, 1.807) is 38.3 Å². The molecule has 1 saturated heterocycles. The number of nitrogens with one attached hydrogen (secondary N) is 1. The second kappa shape index (κ2) is 10.6. The summed E-state index contributed by atoms with van der Waals surface area (Å²) in [5, 5.41) is 1.23. The van der Waals surface area contributed by atoms with Gasteiger partial charge in [-0.15, -0.1) is 11.6 Å². The number of alkyl halides is 1. The van der Waals surface area contributed by atoms with Gasteiger partial charge in [0.1, 0.15) is 29.5 Å². The van der Waals surface area contributed by atoms with E-state index >= 15 is 0 Å². The van der Waals surface area contributed by atoms with Crippen LogP contribution in [-0.2, 0) is 42.9 Å². The first kappa shape index (κ1) is 24.9. The van der Waals surface area contributed by atoms with Crippen LogP contribution in [0, 0.1) is 0 Å². The van der Waals surface area contributed by atoms with Crippen molar-refractivity contribution in [2.75, 3.05) is 13.0 Å². The first-order valence-electron chi connectivity index (χ1n) is 11.0. The molecular formula is C25H25ClN2O6S. The van der Waals surface area contributed by atoms with Gasteiger partial charge in [-0.3, -0.25) is 18.7 Å². The van der Waals surface area contributed by atoms with E-state index in [9.17, 15) is 18.6 Å². The molecule has 0 aliphatic carbocycles. The van der Waals surface area contributed by atoms with Crippen molar-refractivity contribution in [1.29, 1.82) is 0 Å². The molecular weight excluding hydrogens is 492 g/mol.